The molecule has 0 fully saturated rings. The number of methoxy groups -OCH3 is 2. The normalized spacial score (nSPS) is 11.8. The van der Waals surface area contributed by atoms with Gasteiger partial charge in [0.15, 0.2) is 0 Å². The molecule has 106 valence electrons. The number of nitrogens with one attached hydrogen (secondary N) is 1. The Bertz CT molecular complexity index is 573. The molecule has 0 amide bonds. The van der Waals surface area contributed by atoms with Gasteiger partial charge >= 0.3 is 0 Å². The minimum absolute atomic E-state index is 0.0110. The quantitative estimate of drug-likeness (QED) is 0.850. The van der Waals surface area contributed by atoms with E-state index in [-0.39, 0.29) is 6.04 Å². The molecule has 20 heavy (non-hydrogen) atoms. The van der Waals surface area contributed by atoms with Crippen LogP contribution in [0, 0.1) is 5.95 Å². The van der Waals surface area contributed by atoms with Gasteiger partial charge in [-0.1, -0.05) is 0 Å². The third-order valence-electron chi connectivity index (χ3n) is 3.02. The van der Waals surface area contributed by atoms with Crippen molar-refractivity contribution in [2.75, 3.05) is 19.5 Å². The molecule has 1 N–H and O–H groups in total. The van der Waals surface area contributed by atoms with Crippen molar-refractivity contribution in [3.63, 3.8) is 0 Å². The summed E-state index contributed by atoms with van der Waals surface area (Å²) in [7, 11) is 3.23. The summed E-state index contributed by atoms with van der Waals surface area (Å²) >= 11 is 0. The van der Waals surface area contributed by atoms with E-state index >= 15 is 0 Å². The zero-order valence-corrected chi connectivity index (χ0v) is 11.7. The summed E-state index contributed by atoms with van der Waals surface area (Å²) in [4.78, 5) is 3.62. The van der Waals surface area contributed by atoms with Gasteiger partial charge in [-0.3, -0.25) is 0 Å². The lowest BCUT2D eigenvalue weighted by molar-refractivity contribution is 0.390. The van der Waals surface area contributed by atoms with Crippen LogP contribution in [0.25, 0.3) is 0 Å². The van der Waals surface area contributed by atoms with Crippen molar-refractivity contribution in [3.05, 3.63) is 48.0 Å². The van der Waals surface area contributed by atoms with Gasteiger partial charge in [-0.05, 0) is 31.2 Å². The third-order valence-corrected chi connectivity index (χ3v) is 3.02. The van der Waals surface area contributed by atoms with E-state index in [1.165, 1.54) is 12.3 Å². The molecule has 4 nitrogen and oxygen atoms in total. The van der Waals surface area contributed by atoms with Crippen molar-refractivity contribution in [1.82, 2.24) is 4.98 Å². The summed E-state index contributed by atoms with van der Waals surface area (Å²) in [6.07, 6.45) is 1.46. The van der Waals surface area contributed by atoms with Gasteiger partial charge < -0.3 is 14.8 Å². The monoisotopic (exact) mass is 276 g/mol. The van der Waals surface area contributed by atoms with E-state index in [9.17, 15) is 4.39 Å². The predicted molar refractivity (Wildman–Crippen MR) is 75.8 cm³/mol. The van der Waals surface area contributed by atoms with Crippen molar-refractivity contribution < 1.29 is 13.9 Å². The molecular weight excluding hydrogens is 259 g/mol. The lowest BCUT2D eigenvalue weighted by Gasteiger charge is -2.18. The molecule has 1 unspecified atom stereocenters. The fourth-order valence-corrected chi connectivity index (χ4v) is 1.97. The molecule has 0 aliphatic heterocycles. The lowest BCUT2D eigenvalue weighted by atomic mass is 10.1. The fraction of sp³-hybridized carbons (Fsp3) is 0.267. The molecule has 1 aromatic heterocycles. The van der Waals surface area contributed by atoms with Crippen LogP contribution in [0.15, 0.2) is 36.5 Å². The average molecular weight is 276 g/mol. The van der Waals surface area contributed by atoms with E-state index < -0.39 is 5.95 Å². The summed E-state index contributed by atoms with van der Waals surface area (Å²) in [6, 6.07) is 8.60. The van der Waals surface area contributed by atoms with Gasteiger partial charge in [0.2, 0.25) is 5.95 Å². The summed E-state index contributed by atoms with van der Waals surface area (Å²) in [5, 5.41) is 3.25. The van der Waals surface area contributed by atoms with Crippen LogP contribution in [0.5, 0.6) is 11.5 Å². The second kappa shape index (κ2) is 6.23. The average Bonchev–Trinajstić information content (AvgIpc) is 2.48. The molecule has 2 rings (SSSR count). The highest BCUT2D eigenvalue weighted by molar-refractivity contribution is 5.48. The smallest absolute Gasteiger partial charge is 0.212 e. The number of anilines is 1. The first-order chi connectivity index (χ1) is 9.63. The molecule has 5 heteroatoms. The van der Waals surface area contributed by atoms with E-state index in [2.05, 4.69) is 10.3 Å². The molecule has 1 aromatic carbocycles. The number of nitrogens with zero attached hydrogens (tertiary/aromatic N) is 1. The first-order valence-electron chi connectivity index (χ1n) is 6.24. The van der Waals surface area contributed by atoms with Gasteiger partial charge in [0.1, 0.15) is 11.5 Å². The van der Waals surface area contributed by atoms with Crippen LogP contribution in [0.2, 0.25) is 0 Å². The highest BCUT2D eigenvalue weighted by Crippen LogP contribution is 2.31. The number of pyridine rings is 1. The van der Waals surface area contributed by atoms with Crippen molar-refractivity contribution in [1.29, 1.82) is 0 Å². The number of benzene rings is 1. The molecule has 0 aliphatic carbocycles. The molecule has 0 bridgehead atoms. The van der Waals surface area contributed by atoms with Crippen molar-refractivity contribution >= 4 is 5.69 Å². The summed E-state index contributed by atoms with van der Waals surface area (Å²) in [6.45, 7) is 1.99. The Kier molecular flexibility index (Phi) is 4.40. The Balaban J connectivity index is 2.20. The molecule has 0 aliphatic rings. The SMILES string of the molecule is COc1ccc(C(C)Nc2ccc(F)nc2)c(OC)c1. The molecule has 0 radical (unpaired) electrons. The first-order valence-corrected chi connectivity index (χ1v) is 6.24. The van der Waals surface area contributed by atoms with Gasteiger partial charge in [-0.2, -0.15) is 4.39 Å². The highest BCUT2D eigenvalue weighted by atomic mass is 19.1. The molecular formula is C15H17FN2O2. The van der Waals surface area contributed by atoms with Gasteiger partial charge in [0, 0.05) is 11.6 Å². The number of halogens is 1. The second-order valence-electron chi connectivity index (χ2n) is 4.34. The topological polar surface area (TPSA) is 43.4 Å². The number of ether oxygens (including phenoxy) is 2. The van der Waals surface area contributed by atoms with E-state index in [0.29, 0.717) is 0 Å². The molecule has 0 saturated carbocycles. The van der Waals surface area contributed by atoms with Gasteiger partial charge in [0.05, 0.1) is 32.1 Å². The standard InChI is InChI=1S/C15H17FN2O2/c1-10(18-11-4-7-15(16)17-9-11)13-6-5-12(19-2)8-14(13)20-3/h4-10,18H,1-3H3. The lowest BCUT2D eigenvalue weighted by Crippen LogP contribution is -2.08. The van der Waals surface area contributed by atoms with Crippen molar-refractivity contribution in [2.45, 2.75) is 13.0 Å². The number of aromatic nitrogens is 1. The summed E-state index contributed by atoms with van der Waals surface area (Å²) in [5.41, 5.74) is 1.73. The zero-order valence-electron chi connectivity index (χ0n) is 11.7. The van der Waals surface area contributed by atoms with E-state index in [0.717, 1.165) is 22.7 Å². The van der Waals surface area contributed by atoms with Crippen LogP contribution in [-0.4, -0.2) is 19.2 Å². The highest BCUT2D eigenvalue weighted by Gasteiger charge is 2.12. The maximum absolute atomic E-state index is 12.8. The maximum Gasteiger partial charge on any atom is 0.212 e. The van der Waals surface area contributed by atoms with Crippen molar-refractivity contribution in [3.8, 4) is 11.5 Å². The fourth-order valence-electron chi connectivity index (χ4n) is 1.97. The van der Waals surface area contributed by atoms with Crippen LogP contribution in [0.3, 0.4) is 0 Å². The Morgan fingerprint density at radius 2 is 1.95 bits per heavy atom. The Labute approximate surface area is 117 Å². The van der Waals surface area contributed by atoms with E-state index in [1.54, 1.807) is 20.3 Å². The molecule has 0 spiro atoms. The maximum atomic E-state index is 12.8. The van der Waals surface area contributed by atoms with Gasteiger partial charge in [0.25, 0.3) is 0 Å². The Morgan fingerprint density at radius 3 is 2.55 bits per heavy atom. The van der Waals surface area contributed by atoms with Gasteiger partial charge in [-0.25, -0.2) is 4.98 Å². The largest absolute Gasteiger partial charge is 0.497 e. The van der Waals surface area contributed by atoms with Crippen LogP contribution in [0.1, 0.15) is 18.5 Å². The Hall–Kier alpha value is -2.30. The molecule has 1 heterocycles. The number of rotatable bonds is 5. The first kappa shape index (κ1) is 14.1. The number of hydrogen-bond acceptors (Lipinski definition) is 4. The van der Waals surface area contributed by atoms with E-state index in [1.807, 2.05) is 25.1 Å². The minimum Gasteiger partial charge on any atom is -0.497 e. The molecule has 0 saturated heterocycles. The van der Waals surface area contributed by atoms with Crippen LogP contribution >= 0.6 is 0 Å². The zero-order chi connectivity index (χ0) is 14.5. The predicted octanol–water partition coefficient (Wildman–Crippen LogP) is 3.41. The third kappa shape index (κ3) is 3.17. The minimum atomic E-state index is -0.495. The number of hydrogen-bond donors (Lipinski definition) is 1. The van der Waals surface area contributed by atoms with Crippen LogP contribution in [-0.2, 0) is 0 Å². The molecule has 2 aromatic rings. The van der Waals surface area contributed by atoms with Crippen LogP contribution in [0.4, 0.5) is 10.1 Å². The van der Waals surface area contributed by atoms with E-state index in [4.69, 9.17) is 9.47 Å². The Morgan fingerprint density at radius 1 is 1.15 bits per heavy atom. The van der Waals surface area contributed by atoms with Crippen molar-refractivity contribution in [2.24, 2.45) is 0 Å². The molecule has 1 atom stereocenters. The summed E-state index contributed by atoms with van der Waals surface area (Å²) < 4.78 is 23.3. The second-order valence-corrected chi connectivity index (χ2v) is 4.34. The summed E-state index contributed by atoms with van der Waals surface area (Å²) in [5.74, 6) is 0.978. The van der Waals surface area contributed by atoms with Gasteiger partial charge in [-0.15, -0.1) is 0 Å². The van der Waals surface area contributed by atoms with Crippen LogP contribution < -0.4 is 14.8 Å².